The fourth-order valence-corrected chi connectivity index (χ4v) is 4.90. The largest absolute Gasteiger partial charge is 0.387 e. The summed E-state index contributed by atoms with van der Waals surface area (Å²) in [7, 11) is 0. The van der Waals surface area contributed by atoms with Crippen molar-refractivity contribution in [1.29, 1.82) is 5.26 Å². The summed E-state index contributed by atoms with van der Waals surface area (Å²) in [4.78, 5) is 31.5. The molecule has 0 saturated carbocycles. The van der Waals surface area contributed by atoms with Gasteiger partial charge in [-0.05, 0) is 55.6 Å². The van der Waals surface area contributed by atoms with Crippen LogP contribution in [0.4, 0.5) is 5.69 Å². The molecule has 2 aliphatic heterocycles. The van der Waals surface area contributed by atoms with Gasteiger partial charge in [-0.25, -0.2) is 0 Å². The van der Waals surface area contributed by atoms with Gasteiger partial charge in [0.1, 0.15) is 0 Å². The molecule has 180 valence electrons. The molecule has 0 bridgehead atoms. The number of aliphatic hydroxyl groups excluding tert-OH is 1. The Balaban J connectivity index is 1.18. The lowest BCUT2D eigenvalue weighted by Gasteiger charge is -2.36. The van der Waals surface area contributed by atoms with Crippen LogP contribution in [0, 0.1) is 17.2 Å². The highest BCUT2D eigenvalue weighted by Gasteiger charge is 2.29. The van der Waals surface area contributed by atoms with Crippen molar-refractivity contribution >= 4 is 29.1 Å². The second kappa shape index (κ2) is 11.0. The molecule has 3 aliphatic rings. The quantitative estimate of drug-likeness (QED) is 0.640. The Morgan fingerprint density at radius 1 is 1.15 bits per heavy atom. The van der Waals surface area contributed by atoms with E-state index in [1.807, 2.05) is 29.2 Å². The Hall–Kier alpha value is -2.86. The topological polar surface area (TPSA) is 99.9 Å². The number of carbonyl (C=O) groups excluding carboxylic acids is 2. The van der Waals surface area contributed by atoms with Crippen molar-refractivity contribution < 1.29 is 14.7 Å². The van der Waals surface area contributed by atoms with E-state index >= 15 is 0 Å². The minimum atomic E-state index is -0.692. The summed E-state index contributed by atoms with van der Waals surface area (Å²) < 4.78 is 0. The lowest BCUT2D eigenvalue weighted by molar-refractivity contribution is -0.132. The van der Waals surface area contributed by atoms with Gasteiger partial charge in [0.15, 0.2) is 0 Å². The number of allylic oxidation sites excluding steroid dienone is 1. The summed E-state index contributed by atoms with van der Waals surface area (Å²) in [5.74, 6) is 0.283. The van der Waals surface area contributed by atoms with E-state index in [0.717, 1.165) is 38.3 Å². The lowest BCUT2D eigenvalue weighted by Crippen LogP contribution is -2.51. The summed E-state index contributed by atoms with van der Waals surface area (Å²) in [6.07, 6.45) is 4.36. The molecule has 1 unspecified atom stereocenters. The third-order valence-corrected chi connectivity index (χ3v) is 7.01. The van der Waals surface area contributed by atoms with Gasteiger partial charge in [0.25, 0.3) is 0 Å². The summed E-state index contributed by atoms with van der Waals surface area (Å²) in [5.41, 5.74) is 2.35. The monoisotopic (exact) mass is 483 g/mol. The van der Waals surface area contributed by atoms with Gasteiger partial charge >= 0.3 is 0 Å². The summed E-state index contributed by atoms with van der Waals surface area (Å²) in [6.45, 7) is 4.83. The molecule has 34 heavy (non-hydrogen) atoms. The first-order chi connectivity index (χ1) is 16.4. The van der Waals surface area contributed by atoms with Crippen molar-refractivity contribution in [3.8, 4) is 6.07 Å². The lowest BCUT2D eigenvalue weighted by atomic mass is 10.0. The molecule has 2 atom stereocenters. The molecule has 8 nitrogen and oxygen atoms in total. The first-order valence-electron chi connectivity index (χ1n) is 11.7. The Morgan fingerprint density at radius 3 is 2.56 bits per heavy atom. The first kappa shape index (κ1) is 24.3. The van der Waals surface area contributed by atoms with Crippen LogP contribution in [0.3, 0.4) is 0 Å². The van der Waals surface area contributed by atoms with Crippen LogP contribution in [0.15, 0.2) is 47.1 Å². The van der Waals surface area contributed by atoms with Crippen LogP contribution in [0.25, 0.3) is 0 Å². The van der Waals surface area contributed by atoms with Crippen LogP contribution in [-0.2, 0) is 9.59 Å². The van der Waals surface area contributed by atoms with Crippen molar-refractivity contribution in [1.82, 2.24) is 15.1 Å². The highest BCUT2D eigenvalue weighted by molar-refractivity contribution is 6.30. The van der Waals surface area contributed by atoms with Gasteiger partial charge in [-0.1, -0.05) is 17.7 Å². The van der Waals surface area contributed by atoms with Gasteiger partial charge in [-0.15, -0.1) is 0 Å². The molecule has 2 saturated heterocycles. The maximum Gasteiger partial charge on any atom is 0.236 e. The predicted molar refractivity (Wildman–Crippen MR) is 130 cm³/mol. The Morgan fingerprint density at radius 2 is 1.88 bits per heavy atom. The Kier molecular flexibility index (Phi) is 7.88. The number of anilines is 1. The number of nitriles is 1. The second-order valence-corrected chi connectivity index (χ2v) is 9.55. The molecular formula is C25H30ClN5O3. The first-order valence-corrected chi connectivity index (χ1v) is 12.1. The number of hydrogen-bond donors (Lipinski definition) is 2. The van der Waals surface area contributed by atoms with E-state index in [1.165, 1.54) is 0 Å². The number of carbonyl (C=O) groups is 2. The number of halogens is 1. The zero-order chi connectivity index (χ0) is 24.1. The molecule has 0 aromatic heterocycles. The highest BCUT2D eigenvalue weighted by atomic mass is 35.5. The molecule has 9 heteroatoms. The predicted octanol–water partition coefficient (Wildman–Crippen LogP) is 1.81. The van der Waals surface area contributed by atoms with E-state index in [2.05, 4.69) is 21.2 Å². The summed E-state index contributed by atoms with van der Waals surface area (Å²) in [6, 6.07) is 9.68. The number of nitrogens with zero attached hydrogens (tertiary/aromatic N) is 4. The molecule has 4 rings (SSSR count). The van der Waals surface area contributed by atoms with Crippen LogP contribution >= 0.6 is 11.6 Å². The molecule has 1 aromatic carbocycles. The van der Waals surface area contributed by atoms with Crippen LogP contribution < -0.4 is 10.2 Å². The van der Waals surface area contributed by atoms with Gasteiger partial charge in [0.2, 0.25) is 11.8 Å². The molecule has 2 N–H and O–H groups in total. The zero-order valence-electron chi connectivity index (χ0n) is 19.1. The molecule has 1 aromatic rings. The maximum absolute atomic E-state index is 12.8. The molecule has 2 fully saturated rings. The summed E-state index contributed by atoms with van der Waals surface area (Å²) in [5, 5.41) is 21.8. The van der Waals surface area contributed by atoms with Crippen molar-refractivity contribution in [2.75, 3.05) is 50.7 Å². The smallest absolute Gasteiger partial charge is 0.236 e. The minimum absolute atomic E-state index is 0.0690. The molecule has 0 radical (unpaired) electrons. The molecule has 2 amide bonds. The average molecular weight is 484 g/mol. The van der Waals surface area contributed by atoms with Crippen LogP contribution in [0.2, 0.25) is 0 Å². The third-order valence-electron chi connectivity index (χ3n) is 6.65. The van der Waals surface area contributed by atoms with E-state index in [4.69, 9.17) is 16.9 Å². The fraction of sp³-hybridized carbons (Fsp3) is 0.480. The Bertz CT molecular complexity index is 1010. The number of benzene rings is 1. The number of rotatable bonds is 6. The average Bonchev–Trinajstić information content (AvgIpc) is 3.28. The molecule has 1 aliphatic carbocycles. The molecular weight excluding hydrogens is 454 g/mol. The van der Waals surface area contributed by atoms with Crippen LogP contribution in [-0.4, -0.2) is 78.6 Å². The van der Waals surface area contributed by atoms with Crippen LogP contribution in [0.5, 0.6) is 0 Å². The second-order valence-electron chi connectivity index (χ2n) is 9.11. The van der Waals surface area contributed by atoms with Gasteiger partial charge in [0, 0.05) is 55.6 Å². The van der Waals surface area contributed by atoms with E-state index < -0.39 is 6.10 Å². The molecule has 0 spiro atoms. The van der Waals surface area contributed by atoms with E-state index in [1.54, 1.807) is 12.2 Å². The van der Waals surface area contributed by atoms with Crippen LogP contribution in [0.1, 0.15) is 24.8 Å². The fourth-order valence-electron chi connectivity index (χ4n) is 4.69. The number of amides is 2. The van der Waals surface area contributed by atoms with E-state index in [0.29, 0.717) is 48.8 Å². The van der Waals surface area contributed by atoms with Gasteiger partial charge < -0.3 is 20.2 Å². The van der Waals surface area contributed by atoms with Gasteiger partial charge in [-0.3, -0.25) is 14.5 Å². The highest BCUT2D eigenvalue weighted by Crippen LogP contribution is 2.23. The Labute approximate surface area is 205 Å². The number of likely N-dealkylation sites (tertiary alicyclic amines) is 1. The minimum Gasteiger partial charge on any atom is -0.387 e. The number of nitrogens with one attached hydrogen (secondary N) is 1. The normalized spacial score (nSPS) is 23.2. The SMILES string of the molecule is N#Cc1ccc(N2CCN(C(=O)CN3CC[C@@H](CC(=O)NC4=CCC(O)C(Cl)=C4)C3)CC2)cc1. The number of hydrogen-bond acceptors (Lipinski definition) is 6. The number of aliphatic hydroxyl groups is 1. The summed E-state index contributed by atoms with van der Waals surface area (Å²) >= 11 is 5.96. The molecule has 2 heterocycles. The van der Waals surface area contributed by atoms with E-state index in [-0.39, 0.29) is 17.7 Å². The van der Waals surface area contributed by atoms with Crippen molar-refractivity contribution in [3.05, 3.63) is 52.7 Å². The van der Waals surface area contributed by atoms with Gasteiger partial charge in [0.05, 0.1) is 24.3 Å². The van der Waals surface area contributed by atoms with E-state index in [9.17, 15) is 14.7 Å². The van der Waals surface area contributed by atoms with Gasteiger partial charge in [-0.2, -0.15) is 5.26 Å². The number of piperazine rings is 1. The third kappa shape index (κ3) is 6.17. The standard InChI is InChI=1S/C25H30ClN5O3/c26-22-14-20(3-6-23(22)32)28-24(33)13-19-7-8-29(16-19)17-25(34)31-11-9-30(10-12-31)21-4-1-18(15-27)2-5-21/h1-5,14,19,23,32H,6-13,16-17H2,(H,28,33)/t19-,23?/m0/s1. The van der Waals surface area contributed by atoms with Crippen molar-refractivity contribution in [2.24, 2.45) is 5.92 Å². The maximum atomic E-state index is 12.8. The zero-order valence-corrected chi connectivity index (χ0v) is 19.9. The van der Waals surface area contributed by atoms with Crippen molar-refractivity contribution in [3.63, 3.8) is 0 Å². The van der Waals surface area contributed by atoms with Crippen molar-refractivity contribution in [2.45, 2.75) is 25.4 Å².